The zero-order chi connectivity index (χ0) is 27.7. The van der Waals surface area contributed by atoms with Crippen LogP contribution in [0.25, 0.3) is 17.1 Å². The van der Waals surface area contributed by atoms with Gasteiger partial charge in [-0.1, -0.05) is 31.0 Å². The lowest BCUT2D eigenvalue weighted by Gasteiger charge is -2.23. The molecule has 10 heteroatoms. The smallest absolute Gasteiger partial charge is 0.410 e. The molecular formula is C30H27F3N4O3. The SMILES string of the molecule is O=C(Oc1ccccc1C1CCCC1)N(c1ccc(-c2ncn(-c3ccc(OC(F)(F)F)cc3)n2)cc1)C1CC1. The molecule has 3 aromatic carbocycles. The van der Waals surface area contributed by atoms with Gasteiger partial charge in [-0.2, -0.15) is 0 Å². The summed E-state index contributed by atoms with van der Waals surface area (Å²) in [6.07, 6.45) is 2.81. The molecule has 7 nitrogen and oxygen atoms in total. The van der Waals surface area contributed by atoms with E-state index in [2.05, 4.69) is 20.9 Å². The highest BCUT2D eigenvalue weighted by atomic mass is 19.4. The van der Waals surface area contributed by atoms with E-state index in [9.17, 15) is 18.0 Å². The average molecular weight is 549 g/mol. The Bertz CT molecular complexity index is 1480. The van der Waals surface area contributed by atoms with Gasteiger partial charge in [-0.25, -0.2) is 14.5 Å². The monoisotopic (exact) mass is 548 g/mol. The van der Waals surface area contributed by atoms with Crippen molar-refractivity contribution in [3.63, 3.8) is 0 Å². The number of carbonyl (C=O) groups is 1. The van der Waals surface area contributed by atoms with E-state index in [0.717, 1.165) is 42.5 Å². The van der Waals surface area contributed by atoms with Gasteiger partial charge >= 0.3 is 12.5 Å². The third kappa shape index (κ3) is 5.80. The van der Waals surface area contributed by atoms with E-state index in [0.29, 0.717) is 23.2 Å². The van der Waals surface area contributed by atoms with Crippen molar-refractivity contribution in [1.82, 2.24) is 14.8 Å². The van der Waals surface area contributed by atoms with Gasteiger partial charge in [-0.05, 0) is 91.8 Å². The number of halogens is 3. The number of para-hydroxylation sites is 1. The highest BCUT2D eigenvalue weighted by molar-refractivity contribution is 5.91. The summed E-state index contributed by atoms with van der Waals surface area (Å²) in [7, 11) is 0. The molecule has 40 heavy (non-hydrogen) atoms. The number of aromatic nitrogens is 3. The Morgan fingerprint density at radius 3 is 2.27 bits per heavy atom. The van der Waals surface area contributed by atoms with Crippen LogP contribution in [-0.4, -0.2) is 33.3 Å². The van der Waals surface area contributed by atoms with Crippen molar-refractivity contribution in [2.75, 3.05) is 4.90 Å². The fourth-order valence-electron chi connectivity index (χ4n) is 5.18. The largest absolute Gasteiger partial charge is 0.573 e. The van der Waals surface area contributed by atoms with Gasteiger partial charge in [0, 0.05) is 17.3 Å². The van der Waals surface area contributed by atoms with Gasteiger partial charge in [-0.3, -0.25) is 4.90 Å². The highest BCUT2D eigenvalue weighted by Gasteiger charge is 2.36. The summed E-state index contributed by atoms with van der Waals surface area (Å²) >= 11 is 0. The van der Waals surface area contributed by atoms with Crippen LogP contribution in [0.4, 0.5) is 23.7 Å². The Balaban J connectivity index is 1.17. The first-order chi connectivity index (χ1) is 19.3. The number of anilines is 1. The van der Waals surface area contributed by atoms with Crippen LogP contribution in [0.1, 0.15) is 50.0 Å². The summed E-state index contributed by atoms with van der Waals surface area (Å²) in [4.78, 5) is 19.4. The van der Waals surface area contributed by atoms with Crippen molar-refractivity contribution in [3.05, 3.63) is 84.7 Å². The Labute approximate surface area is 229 Å². The molecule has 2 fully saturated rings. The maximum Gasteiger partial charge on any atom is 0.573 e. The molecule has 0 saturated heterocycles. The molecule has 1 aromatic heterocycles. The lowest BCUT2D eigenvalue weighted by atomic mass is 9.97. The van der Waals surface area contributed by atoms with Gasteiger partial charge in [0.2, 0.25) is 0 Å². The molecule has 0 aliphatic heterocycles. The second kappa shape index (κ2) is 10.7. The van der Waals surface area contributed by atoms with E-state index in [1.165, 1.54) is 48.1 Å². The van der Waals surface area contributed by atoms with Crippen molar-refractivity contribution in [3.8, 4) is 28.6 Å². The molecule has 2 saturated carbocycles. The zero-order valence-electron chi connectivity index (χ0n) is 21.6. The summed E-state index contributed by atoms with van der Waals surface area (Å²) in [5, 5.41) is 4.45. The lowest BCUT2D eigenvalue weighted by Crippen LogP contribution is -2.35. The Hall–Kier alpha value is -4.34. The summed E-state index contributed by atoms with van der Waals surface area (Å²) in [6.45, 7) is 0. The summed E-state index contributed by atoms with van der Waals surface area (Å²) < 4.78 is 48.6. The molecule has 2 aliphatic rings. The number of alkyl halides is 3. The number of amides is 1. The number of hydrogen-bond donors (Lipinski definition) is 0. The van der Waals surface area contributed by atoms with Crippen molar-refractivity contribution in [1.29, 1.82) is 0 Å². The number of ether oxygens (including phenoxy) is 2. The first-order valence-electron chi connectivity index (χ1n) is 13.3. The van der Waals surface area contributed by atoms with E-state index >= 15 is 0 Å². The van der Waals surface area contributed by atoms with Crippen molar-refractivity contribution in [2.24, 2.45) is 0 Å². The fraction of sp³-hybridized carbons (Fsp3) is 0.300. The molecule has 206 valence electrons. The molecule has 0 N–H and O–H groups in total. The van der Waals surface area contributed by atoms with Gasteiger partial charge in [0.15, 0.2) is 5.82 Å². The number of hydrogen-bond acceptors (Lipinski definition) is 5. The molecule has 1 heterocycles. The van der Waals surface area contributed by atoms with Gasteiger partial charge in [0.05, 0.1) is 5.69 Å². The van der Waals surface area contributed by atoms with E-state index in [4.69, 9.17) is 4.74 Å². The standard InChI is InChI=1S/C30H27F3N4O3/c31-30(32,33)40-25-17-15-22(16-18-25)36-19-34-28(35-36)21-9-11-23(12-10-21)37(24-13-14-24)29(38)39-27-8-4-3-7-26(27)20-5-1-2-6-20/h3-4,7-12,15-20,24H,1-2,5-6,13-14H2. The molecule has 0 bridgehead atoms. The van der Waals surface area contributed by atoms with Gasteiger partial charge in [0.25, 0.3) is 0 Å². The van der Waals surface area contributed by atoms with Crippen LogP contribution in [0.2, 0.25) is 0 Å². The lowest BCUT2D eigenvalue weighted by molar-refractivity contribution is -0.274. The first-order valence-corrected chi connectivity index (χ1v) is 13.3. The van der Waals surface area contributed by atoms with E-state index in [-0.39, 0.29) is 17.9 Å². The predicted octanol–water partition coefficient (Wildman–Crippen LogP) is 7.66. The van der Waals surface area contributed by atoms with Crippen molar-refractivity contribution in [2.45, 2.75) is 56.8 Å². The molecule has 0 atom stereocenters. The minimum atomic E-state index is -4.75. The van der Waals surface area contributed by atoms with E-state index in [1.807, 2.05) is 42.5 Å². The van der Waals surface area contributed by atoms with Gasteiger partial charge < -0.3 is 9.47 Å². The topological polar surface area (TPSA) is 69.5 Å². The molecular weight excluding hydrogens is 521 g/mol. The molecule has 4 aromatic rings. The summed E-state index contributed by atoms with van der Waals surface area (Å²) in [5.74, 6) is 1.19. The average Bonchev–Trinajstić information content (AvgIpc) is 3.39. The van der Waals surface area contributed by atoms with Gasteiger partial charge in [-0.15, -0.1) is 18.3 Å². The van der Waals surface area contributed by atoms with Crippen molar-refractivity contribution >= 4 is 11.8 Å². The number of nitrogens with zero attached hydrogens (tertiary/aromatic N) is 4. The molecule has 0 unspecified atom stereocenters. The Morgan fingerprint density at radius 1 is 0.900 bits per heavy atom. The Kier molecular flexibility index (Phi) is 6.91. The maximum absolute atomic E-state index is 13.4. The second-order valence-corrected chi connectivity index (χ2v) is 10.1. The second-order valence-electron chi connectivity index (χ2n) is 10.1. The summed E-state index contributed by atoms with van der Waals surface area (Å²) in [6, 6.07) is 20.7. The minimum absolute atomic E-state index is 0.0959. The number of rotatable bonds is 7. The fourth-order valence-corrected chi connectivity index (χ4v) is 5.18. The summed E-state index contributed by atoms with van der Waals surface area (Å²) in [5.41, 5.74) is 3.10. The van der Waals surface area contributed by atoms with E-state index in [1.54, 1.807) is 4.90 Å². The molecule has 6 rings (SSSR count). The highest BCUT2D eigenvalue weighted by Crippen LogP contribution is 2.40. The maximum atomic E-state index is 13.4. The first kappa shape index (κ1) is 25.9. The van der Waals surface area contributed by atoms with E-state index < -0.39 is 6.36 Å². The van der Waals surface area contributed by atoms with Crippen LogP contribution < -0.4 is 14.4 Å². The molecule has 0 spiro atoms. The van der Waals surface area contributed by atoms with Crippen LogP contribution in [0.5, 0.6) is 11.5 Å². The third-order valence-electron chi connectivity index (χ3n) is 7.25. The number of benzene rings is 3. The van der Waals surface area contributed by atoms with Crippen LogP contribution in [0, 0.1) is 0 Å². The van der Waals surface area contributed by atoms with Gasteiger partial charge in [0.1, 0.15) is 17.8 Å². The number of carbonyl (C=O) groups excluding carboxylic acids is 1. The predicted molar refractivity (Wildman–Crippen MR) is 143 cm³/mol. The normalized spacial score (nSPS) is 15.7. The molecule has 0 radical (unpaired) electrons. The van der Waals surface area contributed by atoms with Crippen LogP contribution >= 0.6 is 0 Å². The molecule has 1 amide bonds. The Morgan fingerprint density at radius 2 is 1.60 bits per heavy atom. The molecule has 2 aliphatic carbocycles. The third-order valence-corrected chi connectivity index (χ3v) is 7.25. The quantitative estimate of drug-likeness (QED) is 0.237. The van der Waals surface area contributed by atoms with Crippen LogP contribution in [0.3, 0.4) is 0 Å². The van der Waals surface area contributed by atoms with Crippen LogP contribution in [-0.2, 0) is 0 Å². The zero-order valence-corrected chi connectivity index (χ0v) is 21.6. The van der Waals surface area contributed by atoms with Crippen LogP contribution in [0.15, 0.2) is 79.1 Å². The van der Waals surface area contributed by atoms with Crippen molar-refractivity contribution < 1.29 is 27.4 Å². The minimum Gasteiger partial charge on any atom is -0.410 e.